The molecule has 3 rings (SSSR count). The molecular weight excluding hydrogens is 244 g/mol. The third-order valence-corrected chi connectivity index (χ3v) is 5.22. The van der Waals surface area contributed by atoms with Crippen molar-refractivity contribution in [1.29, 1.82) is 0 Å². The highest BCUT2D eigenvalue weighted by Gasteiger charge is 2.42. The fourth-order valence-electron chi connectivity index (χ4n) is 4.04. The van der Waals surface area contributed by atoms with Crippen LogP contribution in [0, 0.1) is 0 Å². The van der Waals surface area contributed by atoms with Gasteiger partial charge in [0, 0.05) is 24.7 Å². The topological polar surface area (TPSA) is 15.3 Å². The fourth-order valence-corrected chi connectivity index (χ4v) is 4.04. The lowest BCUT2D eigenvalue weighted by molar-refractivity contribution is 0.0457. The van der Waals surface area contributed by atoms with Gasteiger partial charge in [-0.2, -0.15) is 0 Å². The maximum Gasteiger partial charge on any atom is 0.0334 e. The van der Waals surface area contributed by atoms with Crippen molar-refractivity contribution >= 4 is 0 Å². The zero-order chi connectivity index (χ0) is 13.8. The van der Waals surface area contributed by atoms with Gasteiger partial charge in [0.2, 0.25) is 0 Å². The van der Waals surface area contributed by atoms with E-state index in [9.17, 15) is 0 Å². The van der Waals surface area contributed by atoms with E-state index >= 15 is 0 Å². The van der Waals surface area contributed by atoms with E-state index in [-0.39, 0.29) is 0 Å². The smallest absolute Gasteiger partial charge is 0.0334 e. The van der Waals surface area contributed by atoms with Crippen LogP contribution in [0.5, 0.6) is 0 Å². The normalized spacial score (nSPS) is 26.1. The molecule has 0 amide bonds. The van der Waals surface area contributed by atoms with Crippen molar-refractivity contribution in [1.82, 2.24) is 10.2 Å². The minimum atomic E-state index is 0.489. The number of hydrogen-bond acceptors (Lipinski definition) is 2. The molecule has 2 heteroatoms. The van der Waals surface area contributed by atoms with Crippen molar-refractivity contribution < 1.29 is 0 Å². The number of rotatable bonds is 4. The van der Waals surface area contributed by atoms with Crippen molar-refractivity contribution in [2.24, 2.45) is 0 Å². The number of nitrogens with one attached hydrogen (secondary N) is 1. The van der Waals surface area contributed by atoms with Crippen LogP contribution in [-0.4, -0.2) is 36.1 Å². The van der Waals surface area contributed by atoms with Crippen molar-refractivity contribution in [2.45, 2.75) is 57.0 Å². The monoisotopic (exact) mass is 272 g/mol. The number of benzene rings is 1. The summed E-state index contributed by atoms with van der Waals surface area (Å²) in [4.78, 5) is 2.81. The molecule has 0 bridgehead atoms. The molecule has 110 valence electrons. The van der Waals surface area contributed by atoms with Crippen LogP contribution in [0.3, 0.4) is 0 Å². The zero-order valence-corrected chi connectivity index (χ0v) is 12.8. The first-order valence-electron chi connectivity index (χ1n) is 8.31. The summed E-state index contributed by atoms with van der Waals surface area (Å²) < 4.78 is 0. The van der Waals surface area contributed by atoms with Crippen LogP contribution in [-0.2, 0) is 6.42 Å². The van der Waals surface area contributed by atoms with Crippen LogP contribution in [0.1, 0.15) is 44.6 Å². The first-order valence-corrected chi connectivity index (χ1v) is 8.31. The van der Waals surface area contributed by atoms with Crippen LogP contribution in [0.4, 0.5) is 0 Å². The van der Waals surface area contributed by atoms with E-state index in [2.05, 4.69) is 47.5 Å². The van der Waals surface area contributed by atoms with E-state index in [1.165, 1.54) is 63.7 Å². The molecule has 1 aliphatic heterocycles. The maximum absolute atomic E-state index is 3.71. The lowest BCUT2D eigenvalue weighted by Gasteiger charge is -2.48. The van der Waals surface area contributed by atoms with E-state index in [1.54, 1.807) is 0 Å². The second-order valence-electron chi connectivity index (χ2n) is 6.75. The highest BCUT2D eigenvalue weighted by Crippen LogP contribution is 2.36. The van der Waals surface area contributed by atoms with Crippen LogP contribution in [0.25, 0.3) is 0 Å². The summed E-state index contributed by atoms with van der Waals surface area (Å²) in [5.41, 5.74) is 1.97. The third-order valence-electron chi connectivity index (χ3n) is 5.22. The van der Waals surface area contributed by atoms with Gasteiger partial charge >= 0.3 is 0 Å². The second kappa shape index (κ2) is 6.28. The van der Waals surface area contributed by atoms with Crippen molar-refractivity contribution in [3.05, 3.63) is 35.9 Å². The van der Waals surface area contributed by atoms with Crippen molar-refractivity contribution in [2.75, 3.05) is 19.6 Å². The van der Waals surface area contributed by atoms with Gasteiger partial charge in [0.15, 0.2) is 0 Å². The molecule has 1 aliphatic carbocycles. The van der Waals surface area contributed by atoms with Gasteiger partial charge in [-0.15, -0.1) is 0 Å². The Labute approximate surface area is 123 Å². The number of aryl methyl sites for hydroxylation is 1. The van der Waals surface area contributed by atoms with Gasteiger partial charge in [0.1, 0.15) is 0 Å². The Morgan fingerprint density at radius 2 is 1.95 bits per heavy atom. The molecule has 2 nitrogen and oxygen atoms in total. The molecule has 1 N–H and O–H groups in total. The molecule has 1 saturated carbocycles. The predicted octanol–water partition coefficient (Wildman–Crippen LogP) is 3.23. The lowest BCUT2D eigenvalue weighted by atomic mass is 9.90. The summed E-state index contributed by atoms with van der Waals surface area (Å²) in [7, 11) is 0. The molecule has 1 atom stereocenters. The first-order chi connectivity index (χ1) is 9.78. The average Bonchev–Trinajstić information content (AvgIpc) is 2.94. The van der Waals surface area contributed by atoms with Gasteiger partial charge < -0.3 is 5.32 Å². The number of nitrogens with zero attached hydrogens (tertiary/aromatic N) is 1. The molecule has 1 unspecified atom stereocenters. The van der Waals surface area contributed by atoms with Gasteiger partial charge in [-0.05, 0) is 44.7 Å². The van der Waals surface area contributed by atoms with Crippen molar-refractivity contribution in [3.8, 4) is 0 Å². The summed E-state index contributed by atoms with van der Waals surface area (Å²) in [5.74, 6) is 0. The largest absolute Gasteiger partial charge is 0.311 e. The number of piperazine rings is 1. The molecule has 1 aromatic carbocycles. The molecule has 1 aromatic rings. The quantitative estimate of drug-likeness (QED) is 0.905. The minimum absolute atomic E-state index is 0.489. The Hall–Kier alpha value is -0.860. The highest BCUT2D eigenvalue weighted by molar-refractivity contribution is 5.14. The average molecular weight is 272 g/mol. The molecule has 1 spiro atoms. The van der Waals surface area contributed by atoms with E-state index < -0.39 is 0 Å². The van der Waals surface area contributed by atoms with Gasteiger partial charge in [0.25, 0.3) is 0 Å². The maximum atomic E-state index is 3.71. The molecule has 2 aliphatic rings. The van der Waals surface area contributed by atoms with Gasteiger partial charge in [-0.25, -0.2) is 0 Å². The standard InChI is InChI=1S/C18H28N2/c1-16-14-20(18(15-19-16)11-5-6-12-18)13-7-10-17-8-3-2-4-9-17/h2-4,8-9,16,19H,5-7,10-15H2,1H3. The van der Waals surface area contributed by atoms with Crippen molar-refractivity contribution in [3.63, 3.8) is 0 Å². The van der Waals surface area contributed by atoms with E-state index in [4.69, 9.17) is 0 Å². The Morgan fingerprint density at radius 3 is 2.70 bits per heavy atom. The first kappa shape index (κ1) is 14.1. The second-order valence-corrected chi connectivity index (χ2v) is 6.75. The van der Waals surface area contributed by atoms with Crippen LogP contribution < -0.4 is 5.32 Å². The predicted molar refractivity (Wildman–Crippen MR) is 85.0 cm³/mol. The summed E-state index contributed by atoms with van der Waals surface area (Å²) in [5, 5.41) is 3.71. The van der Waals surface area contributed by atoms with E-state index in [0.29, 0.717) is 11.6 Å². The van der Waals surface area contributed by atoms with Crippen LogP contribution >= 0.6 is 0 Å². The summed E-state index contributed by atoms with van der Waals surface area (Å²) in [6.07, 6.45) is 8.15. The van der Waals surface area contributed by atoms with Gasteiger partial charge in [0.05, 0.1) is 0 Å². The molecule has 1 heterocycles. The molecule has 20 heavy (non-hydrogen) atoms. The van der Waals surface area contributed by atoms with Gasteiger partial charge in [-0.1, -0.05) is 43.2 Å². The molecule has 0 radical (unpaired) electrons. The molecule has 0 aromatic heterocycles. The minimum Gasteiger partial charge on any atom is -0.311 e. The Balaban J connectivity index is 1.56. The van der Waals surface area contributed by atoms with Crippen LogP contribution in [0.2, 0.25) is 0 Å². The van der Waals surface area contributed by atoms with Gasteiger partial charge in [-0.3, -0.25) is 4.90 Å². The van der Waals surface area contributed by atoms with E-state index in [1.807, 2.05) is 0 Å². The fraction of sp³-hybridized carbons (Fsp3) is 0.667. The summed E-state index contributed by atoms with van der Waals surface area (Å²) in [6, 6.07) is 11.6. The third kappa shape index (κ3) is 3.07. The Bertz CT molecular complexity index is 409. The molecule has 1 saturated heterocycles. The Morgan fingerprint density at radius 1 is 1.20 bits per heavy atom. The Kier molecular flexibility index (Phi) is 4.42. The number of hydrogen-bond donors (Lipinski definition) is 1. The SMILES string of the molecule is CC1CN(CCCc2ccccc2)C2(CCCC2)CN1. The lowest BCUT2D eigenvalue weighted by Crippen LogP contribution is -2.63. The summed E-state index contributed by atoms with van der Waals surface area (Å²) >= 11 is 0. The highest BCUT2D eigenvalue weighted by atomic mass is 15.3. The summed E-state index contributed by atoms with van der Waals surface area (Å²) in [6.45, 7) is 6.03. The zero-order valence-electron chi connectivity index (χ0n) is 12.8. The molecular formula is C18H28N2. The van der Waals surface area contributed by atoms with Crippen LogP contribution in [0.15, 0.2) is 30.3 Å². The molecule has 2 fully saturated rings. The van der Waals surface area contributed by atoms with E-state index in [0.717, 1.165) is 0 Å².